The number of Topliss-reactive ketones (excluding diaryl/α,β-unsaturated/α-hetero) is 1. The van der Waals surface area contributed by atoms with Gasteiger partial charge in [-0.2, -0.15) is 0 Å². The van der Waals surface area contributed by atoms with Gasteiger partial charge >= 0.3 is 5.97 Å². The van der Waals surface area contributed by atoms with Crippen LogP contribution in [-0.2, 0) is 25.6 Å². The predicted molar refractivity (Wildman–Crippen MR) is 121 cm³/mol. The quantitative estimate of drug-likeness (QED) is 0.369. The number of hydrogen-bond acceptors (Lipinski definition) is 7. The van der Waals surface area contributed by atoms with Crippen molar-refractivity contribution in [3.63, 3.8) is 0 Å². The van der Waals surface area contributed by atoms with Crippen LogP contribution in [0, 0.1) is 0 Å². The highest BCUT2D eigenvalue weighted by Gasteiger charge is 2.39. The second-order valence-corrected chi connectivity index (χ2v) is 8.50. The lowest BCUT2D eigenvalue weighted by molar-refractivity contribution is -0.139. The summed E-state index contributed by atoms with van der Waals surface area (Å²) in [6.07, 6.45) is 5.11. The molecule has 0 bridgehead atoms. The summed E-state index contributed by atoms with van der Waals surface area (Å²) in [6.45, 7) is 3.07. The average molecular weight is 448 g/mol. The normalized spacial score (nSPS) is 17.5. The van der Waals surface area contributed by atoms with Crippen LogP contribution in [0.3, 0.4) is 0 Å². The van der Waals surface area contributed by atoms with Crippen LogP contribution in [0.2, 0.25) is 0 Å². The zero-order valence-corrected chi connectivity index (χ0v) is 18.3. The fraction of sp³-hybridized carbons (Fsp3) is 0.208. The van der Waals surface area contributed by atoms with Gasteiger partial charge in [0.15, 0.2) is 11.3 Å². The lowest BCUT2D eigenvalue weighted by Crippen LogP contribution is -2.27. The van der Waals surface area contributed by atoms with Gasteiger partial charge in [0.1, 0.15) is 5.65 Å². The first kappa shape index (κ1) is 20.4. The number of aromatic nitrogens is 2. The molecule has 32 heavy (non-hydrogen) atoms. The van der Waals surface area contributed by atoms with Gasteiger partial charge in [0, 0.05) is 47.1 Å². The Morgan fingerprint density at radius 2 is 2.19 bits per heavy atom. The third kappa shape index (κ3) is 3.67. The van der Waals surface area contributed by atoms with E-state index < -0.39 is 11.8 Å². The van der Waals surface area contributed by atoms with Crippen molar-refractivity contribution in [2.45, 2.75) is 18.4 Å². The molecule has 0 saturated heterocycles. The average Bonchev–Trinajstić information content (AvgIpc) is 3.27. The van der Waals surface area contributed by atoms with Gasteiger partial charge in [0.05, 0.1) is 6.61 Å². The van der Waals surface area contributed by atoms with Crippen LogP contribution in [0.1, 0.15) is 18.1 Å². The number of allylic oxidation sites excluding steroid dienone is 1. The summed E-state index contributed by atoms with van der Waals surface area (Å²) in [5, 5.41) is 0.864. The molecular formula is C24H21N3O4S. The topological polar surface area (TPSA) is 84.5 Å². The van der Waals surface area contributed by atoms with Gasteiger partial charge in [0.25, 0.3) is 0 Å². The highest BCUT2D eigenvalue weighted by atomic mass is 32.2. The number of fused-ring (bicyclic) bond motifs is 2. The van der Waals surface area contributed by atoms with E-state index >= 15 is 0 Å². The molecule has 0 fully saturated rings. The van der Waals surface area contributed by atoms with E-state index in [0.29, 0.717) is 18.7 Å². The van der Waals surface area contributed by atoms with E-state index in [1.165, 1.54) is 4.90 Å². The molecule has 3 aromatic rings. The molecule has 5 rings (SSSR count). The summed E-state index contributed by atoms with van der Waals surface area (Å²) in [5.74, 6) is 0.0259. The Bertz CT molecular complexity index is 1280. The van der Waals surface area contributed by atoms with Gasteiger partial charge in [-0.15, -0.1) is 11.8 Å². The Kier molecular flexibility index (Phi) is 5.45. The monoisotopic (exact) mass is 447 g/mol. The van der Waals surface area contributed by atoms with E-state index in [2.05, 4.69) is 22.1 Å². The number of pyridine rings is 1. The second-order valence-electron chi connectivity index (χ2n) is 7.36. The van der Waals surface area contributed by atoms with Crippen molar-refractivity contribution in [3.05, 3.63) is 77.1 Å². The van der Waals surface area contributed by atoms with Crippen LogP contribution in [0.15, 0.2) is 70.9 Å². The lowest BCUT2D eigenvalue weighted by Gasteiger charge is -2.23. The molecule has 0 saturated carbocycles. The maximum Gasteiger partial charge on any atom is 0.347 e. The molecule has 0 aliphatic carbocycles. The van der Waals surface area contributed by atoms with Crippen molar-refractivity contribution < 1.29 is 19.1 Å². The Hall–Kier alpha value is -3.52. The zero-order chi connectivity index (χ0) is 22.1. The van der Waals surface area contributed by atoms with Crippen LogP contribution in [0.5, 0.6) is 0 Å². The molecule has 2 aliphatic heterocycles. The number of esters is 1. The van der Waals surface area contributed by atoms with Crippen molar-refractivity contribution in [2.24, 2.45) is 0 Å². The molecule has 2 aliphatic rings. The van der Waals surface area contributed by atoms with E-state index in [1.807, 2.05) is 29.2 Å². The van der Waals surface area contributed by atoms with Gasteiger partial charge in [-0.1, -0.05) is 18.2 Å². The Morgan fingerprint density at radius 1 is 1.31 bits per heavy atom. The molecule has 1 N–H and O–H groups in total. The first-order valence-electron chi connectivity index (χ1n) is 10.4. The van der Waals surface area contributed by atoms with Crippen LogP contribution in [0.4, 0.5) is 0 Å². The summed E-state index contributed by atoms with van der Waals surface area (Å²) >= 11 is 1.75. The van der Waals surface area contributed by atoms with E-state index in [4.69, 9.17) is 9.47 Å². The fourth-order valence-electron chi connectivity index (χ4n) is 3.86. The first-order chi connectivity index (χ1) is 15.7. The van der Waals surface area contributed by atoms with Crippen LogP contribution in [0.25, 0.3) is 17.1 Å². The maximum absolute atomic E-state index is 13.3. The number of hydrogen-bond donors (Lipinski definition) is 1. The fourth-order valence-corrected chi connectivity index (χ4v) is 4.88. The van der Waals surface area contributed by atoms with Crippen LogP contribution < -0.4 is 0 Å². The molecule has 0 amide bonds. The Morgan fingerprint density at radius 3 is 3.06 bits per heavy atom. The van der Waals surface area contributed by atoms with E-state index in [-0.39, 0.29) is 23.8 Å². The van der Waals surface area contributed by atoms with E-state index in [1.54, 1.807) is 37.2 Å². The number of thioether (sulfide) groups is 1. The third-order valence-electron chi connectivity index (χ3n) is 5.36. The summed E-state index contributed by atoms with van der Waals surface area (Å²) in [4.78, 5) is 36.5. The van der Waals surface area contributed by atoms with Gasteiger partial charge in [-0.3, -0.25) is 4.79 Å². The number of benzene rings is 1. The maximum atomic E-state index is 13.3. The smallest absolute Gasteiger partial charge is 0.347 e. The summed E-state index contributed by atoms with van der Waals surface area (Å²) < 4.78 is 11.3. The SMILES string of the molecule is CCOC(=O)C1=C(N2CCSc3ccccc3C2)O/C(=C\c2c[nH]c3ncccc23)C1=O. The Balaban J connectivity index is 1.53. The summed E-state index contributed by atoms with van der Waals surface area (Å²) in [5.41, 5.74) is 2.55. The zero-order valence-electron chi connectivity index (χ0n) is 17.5. The predicted octanol–water partition coefficient (Wildman–Crippen LogP) is 3.89. The van der Waals surface area contributed by atoms with Crippen molar-refractivity contribution in [3.8, 4) is 0 Å². The van der Waals surface area contributed by atoms with Crippen molar-refractivity contribution in [1.82, 2.24) is 14.9 Å². The number of rotatable bonds is 4. The minimum absolute atomic E-state index is 0.0551. The molecule has 7 nitrogen and oxygen atoms in total. The van der Waals surface area contributed by atoms with E-state index in [0.717, 1.165) is 22.3 Å². The lowest BCUT2D eigenvalue weighted by atomic mass is 10.1. The molecule has 2 aromatic heterocycles. The highest BCUT2D eigenvalue weighted by molar-refractivity contribution is 7.99. The number of carbonyl (C=O) groups is 2. The van der Waals surface area contributed by atoms with Crippen molar-refractivity contribution in [1.29, 1.82) is 0 Å². The molecule has 4 heterocycles. The summed E-state index contributed by atoms with van der Waals surface area (Å²) in [7, 11) is 0. The minimum atomic E-state index is -0.665. The molecule has 8 heteroatoms. The van der Waals surface area contributed by atoms with Gasteiger partial charge in [0.2, 0.25) is 11.7 Å². The largest absolute Gasteiger partial charge is 0.462 e. The minimum Gasteiger partial charge on any atom is -0.462 e. The number of carbonyl (C=O) groups excluding carboxylic acids is 2. The van der Waals surface area contributed by atoms with E-state index in [9.17, 15) is 9.59 Å². The standard InChI is InChI=1S/C24H21N3O4S/c1-2-30-24(29)20-21(28)18(12-16-13-26-22-17(16)7-5-9-25-22)31-23(20)27-10-11-32-19-8-4-3-6-15(19)14-27/h3-9,12-13H,2,10-11,14H2,1H3,(H,25,26)/b18-12-. The van der Waals surface area contributed by atoms with Crippen molar-refractivity contribution in [2.75, 3.05) is 18.9 Å². The molecule has 0 unspecified atom stereocenters. The second kappa shape index (κ2) is 8.55. The van der Waals surface area contributed by atoms with Gasteiger partial charge in [-0.05, 0) is 36.8 Å². The van der Waals surface area contributed by atoms with Crippen molar-refractivity contribution >= 4 is 40.6 Å². The van der Waals surface area contributed by atoms with Gasteiger partial charge < -0.3 is 19.4 Å². The molecule has 0 spiro atoms. The number of ketones is 1. The highest BCUT2D eigenvalue weighted by Crippen LogP contribution is 2.35. The summed E-state index contributed by atoms with van der Waals surface area (Å²) in [6, 6.07) is 11.9. The van der Waals surface area contributed by atoms with Gasteiger partial charge in [-0.25, -0.2) is 9.78 Å². The number of ether oxygens (including phenoxy) is 2. The molecular weight excluding hydrogens is 426 g/mol. The number of H-pyrrole nitrogens is 1. The first-order valence-corrected chi connectivity index (χ1v) is 11.4. The number of nitrogens with one attached hydrogen (secondary N) is 1. The number of aromatic amines is 1. The number of nitrogens with zero attached hydrogens (tertiary/aromatic N) is 2. The Labute approximate surface area is 189 Å². The molecule has 1 aromatic carbocycles. The molecule has 0 radical (unpaired) electrons. The molecule has 162 valence electrons. The van der Waals surface area contributed by atoms with Crippen LogP contribution in [-0.4, -0.2) is 45.5 Å². The van der Waals surface area contributed by atoms with Crippen LogP contribution >= 0.6 is 11.8 Å². The molecule has 0 atom stereocenters. The third-order valence-corrected chi connectivity index (χ3v) is 6.46.